The summed E-state index contributed by atoms with van der Waals surface area (Å²) in [6.07, 6.45) is 3.61. The highest BCUT2D eigenvalue weighted by Gasteiger charge is 2.14. The summed E-state index contributed by atoms with van der Waals surface area (Å²) in [6.45, 7) is 11.2. The zero-order chi connectivity index (χ0) is 11.0. The fraction of sp³-hybridized carbons (Fsp3) is 1.00. The normalized spacial score (nSPS) is 12.0. The number of aliphatic hydroxyl groups excluding tert-OH is 1. The third-order valence-corrected chi connectivity index (χ3v) is 2.84. The molecule has 0 aliphatic carbocycles. The van der Waals surface area contributed by atoms with Crippen molar-refractivity contribution in [1.29, 1.82) is 0 Å². The molecule has 86 valence electrons. The molecule has 0 heterocycles. The minimum Gasteiger partial charge on any atom is -0.395 e. The van der Waals surface area contributed by atoms with E-state index < -0.39 is 0 Å². The van der Waals surface area contributed by atoms with E-state index in [1.165, 1.54) is 19.3 Å². The van der Waals surface area contributed by atoms with Gasteiger partial charge in [-0.25, -0.2) is 0 Å². The molecule has 0 aromatic heterocycles. The zero-order valence-electron chi connectivity index (χ0n) is 10.3. The number of nitrogens with zero attached hydrogens (tertiary/aromatic N) is 1. The lowest BCUT2D eigenvalue weighted by atomic mass is 10.1. The molecule has 0 bridgehead atoms. The molecular formula is C12H27NO. The molecule has 0 rings (SSSR count). The Hall–Kier alpha value is -0.0800. The third-order valence-electron chi connectivity index (χ3n) is 2.84. The van der Waals surface area contributed by atoms with Crippen molar-refractivity contribution in [1.82, 2.24) is 4.90 Å². The maximum atomic E-state index is 9.00. The van der Waals surface area contributed by atoms with Crippen molar-refractivity contribution in [3.8, 4) is 0 Å². The van der Waals surface area contributed by atoms with E-state index in [4.69, 9.17) is 5.11 Å². The fourth-order valence-corrected chi connectivity index (χ4v) is 1.83. The number of hydrogen-bond acceptors (Lipinski definition) is 2. The Morgan fingerprint density at radius 3 is 2.00 bits per heavy atom. The highest BCUT2D eigenvalue weighted by atomic mass is 16.3. The van der Waals surface area contributed by atoms with Crippen LogP contribution in [0.4, 0.5) is 0 Å². The van der Waals surface area contributed by atoms with Crippen LogP contribution in [0.15, 0.2) is 0 Å². The van der Waals surface area contributed by atoms with Crippen LogP contribution in [-0.4, -0.2) is 35.7 Å². The predicted molar refractivity (Wildman–Crippen MR) is 62.5 cm³/mol. The van der Waals surface area contributed by atoms with Gasteiger partial charge in [-0.15, -0.1) is 0 Å². The van der Waals surface area contributed by atoms with Gasteiger partial charge < -0.3 is 5.11 Å². The first-order chi connectivity index (χ1) is 6.65. The second-order valence-electron chi connectivity index (χ2n) is 4.41. The van der Waals surface area contributed by atoms with Crippen molar-refractivity contribution < 1.29 is 5.11 Å². The van der Waals surface area contributed by atoms with E-state index in [0.29, 0.717) is 6.04 Å². The molecule has 0 saturated heterocycles. The minimum atomic E-state index is 0.286. The van der Waals surface area contributed by atoms with Gasteiger partial charge in [0.2, 0.25) is 0 Å². The monoisotopic (exact) mass is 201 g/mol. The number of hydrogen-bond donors (Lipinski definition) is 1. The van der Waals surface area contributed by atoms with Gasteiger partial charge >= 0.3 is 0 Å². The number of rotatable bonds is 8. The van der Waals surface area contributed by atoms with Crippen LogP contribution in [0.25, 0.3) is 0 Å². The highest BCUT2D eigenvalue weighted by Crippen LogP contribution is 2.11. The number of aliphatic hydroxyl groups is 1. The Bertz CT molecular complexity index is 121. The van der Waals surface area contributed by atoms with E-state index in [1.807, 2.05) is 0 Å². The molecule has 0 atom stereocenters. The average molecular weight is 201 g/mol. The van der Waals surface area contributed by atoms with Crippen molar-refractivity contribution in [2.24, 2.45) is 5.92 Å². The van der Waals surface area contributed by atoms with Gasteiger partial charge in [0.15, 0.2) is 0 Å². The maximum absolute atomic E-state index is 9.00. The molecule has 2 heteroatoms. The molecule has 1 N–H and O–H groups in total. The lowest BCUT2D eigenvalue weighted by molar-refractivity contribution is 0.137. The summed E-state index contributed by atoms with van der Waals surface area (Å²) >= 11 is 0. The molecule has 2 nitrogen and oxygen atoms in total. The molecular weight excluding hydrogens is 174 g/mol. The van der Waals surface area contributed by atoms with Crippen LogP contribution in [-0.2, 0) is 0 Å². The van der Waals surface area contributed by atoms with Crippen LogP contribution in [0.2, 0.25) is 0 Å². The van der Waals surface area contributed by atoms with Gasteiger partial charge in [0.1, 0.15) is 0 Å². The summed E-state index contributed by atoms with van der Waals surface area (Å²) < 4.78 is 0. The molecule has 0 spiro atoms. The van der Waals surface area contributed by atoms with E-state index in [9.17, 15) is 0 Å². The third kappa shape index (κ3) is 5.61. The summed E-state index contributed by atoms with van der Waals surface area (Å²) in [5, 5.41) is 9.00. The van der Waals surface area contributed by atoms with Crippen LogP contribution >= 0.6 is 0 Å². The molecule has 0 aromatic rings. The van der Waals surface area contributed by atoms with Crippen molar-refractivity contribution in [2.45, 2.75) is 53.0 Å². The summed E-state index contributed by atoms with van der Waals surface area (Å²) in [4.78, 5) is 2.43. The first kappa shape index (κ1) is 13.9. The van der Waals surface area contributed by atoms with Crippen LogP contribution in [0.5, 0.6) is 0 Å². The molecule has 14 heavy (non-hydrogen) atoms. The van der Waals surface area contributed by atoms with E-state index in [0.717, 1.165) is 19.0 Å². The standard InChI is InChI=1S/C12H27NO/c1-5-12(6-2)13(9-10-14)8-7-11(3)4/h11-12,14H,5-10H2,1-4H3. The van der Waals surface area contributed by atoms with Crippen LogP contribution < -0.4 is 0 Å². The van der Waals surface area contributed by atoms with E-state index in [2.05, 4.69) is 32.6 Å². The van der Waals surface area contributed by atoms with Crippen LogP contribution in [0.3, 0.4) is 0 Å². The zero-order valence-corrected chi connectivity index (χ0v) is 10.3. The van der Waals surface area contributed by atoms with Crippen molar-refractivity contribution >= 4 is 0 Å². The second kappa shape index (κ2) is 8.25. The molecule has 0 fully saturated rings. The molecule has 0 aliphatic heterocycles. The quantitative estimate of drug-likeness (QED) is 0.652. The SMILES string of the molecule is CCC(CC)N(CCO)CCC(C)C. The molecule has 0 aromatic carbocycles. The van der Waals surface area contributed by atoms with Gasteiger partial charge in [0, 0.05) is 12.6 Å². The Kier molecular flexibility index (Phi) is 8.20. The summed E-state index contributed by atoms with van der Waals surface area (Å²) in [6, 6.07) is 0.654. The first-order valence-corrected chi connectivity index (χ1v) is 6.00. The second-order valence-corrected chi connectivity index (χ2v) is 4.41. The summed E-state index contributed by atoms with van der Waals surface area (Å²) in [7, 11) is 0. The Morgan fingerprint density at radius 1 is 1.07 bits per heavy atom. The Morgan fingerprint density at radius 2 is 1.64 bits per heavy atom. The fourth-order valence-electron chi connectivity index (χ4n) is 1.83. The largest absolute Gasteiger partial charge is 0.395 e. The summed E-state index contributed by atoms with van der Waals surface area (Å²) in [5.74, 6) is 0.755. The van der Waals surface area contributed by atoms with Crippen molar-refractivity contribution in [2.75, 3.05) is 19.7 Å². The lowest BCUT2D eigenvalue weighted by Crippen LogP contribution is -2.37. The smallest absolute Gasteiger partial charge is 0.0558 e. The lowest BCUT2D eigenvalue weighted by Gasteiger charge is -2.30. The molecule has 0 unspecified atom stereocenters. The van der Waals surface area contributed by atoms with Crippen molar-refractivity contribution in [3.05, 3.63) is 0 Å². The van der Waals surface area contributed by atoms with Gasteiger partial charge in [-0.05, 0) is 31.7 Å². The van der Waals surface area contributed by atoms with Gasteiger partial charge in [-0.2, -0.15) is 0 Å². The Labute approximate surface area is 89.3 Å². The molecule has 0 aliphatic rings. The summed E-state index contributed by atoms with van der Waals surface area (Å²) in [5.41, 5.74) is 0. The minimum absolute atomic E-state index is 0.286. The van der Waals surface area contributed by atoms with Gasteiger partial charge in [0.25, 0.3) is 0 Å². The van der Waals surface area contributed by atoms with E-state index >= 15 is 0 Å². The van der Waals surface area contributed by atoms with Gasteiger partial charge in [-0.3, -0.25) is 4.90 Å². The highest BCUT2D eigenvalue weighted by molar-refractivity contribution is 4.69. The molecule has 0 radical (unpaired) electrons. The van der Waals surface area contributed by atoms with E-state index in [1.54, 1.807) is 0 Å². The van der Waals surface area contributed by atoms with E-state index in [-0.39, 0.29) is 6.61 Å². The van der Waals surface area contributed by atoms with Crippen LogP contribution in [0, 0.1) is 5.92 Å². The average Bonchev–Trinajstić information content (AvgIpc) is 2.15. The van der Waals surface area contributed by atoms with Crippen molar-refractivity contribution in [3.63, 3.8) is 0 Å². The Balaban J connectivity index is 3.98. The predicted octanol–water partition coefficient (Wildman–Crippen LogP) is 2.52. The topological polar surface area (TPSA) is 23.5 Å². The van der Waals surface area contributed by atoms with Crippen LogP contribution in [0.1, 0.15) is 47.0 Å². The van der Waals surface area contributed by atoms with Gasteiger partial charge in [-0.1, -0.05) is 27.7 Å². The van der Waals surface area contributed by atoms with Gasteiger partial charge in [0.05, 0.1) is 6.61 Å². The molecule has 0 saturated carbocycles. The first-order valence-electron chi connectivity index (χ1n) is 6.00. The molecule has 0 amide bonds. The maximum Gasteiger partial charge on any atom is 0.0558 e.